The van der Waals surface area contributed by atoms with Gasteiger partial charge in [0.1, 0.15) is 17.3 Å². The Morgan fingerprint density at radius 3 is 3.00 bits per heavy atom. The average molecular weight is 206 g/mol. The van der Waals surface area contributed by atoms with Crippen molar-refractivity contribution in [1.29, 1.82) is 0 Å². The van der Waals surface area contributed by atoms with Crippen LogP contribution in [-0.2, 0) is 0 Å². The average Bonchev–Trinajstić information content (AvgIpc) is 2.17. The van der Waals surface area contributed by atoms with E-state index in [1.54, 1.807) is 18.2 Å². The lowest BCUT2D eigenvalue weighted by Gasteiger charge is -2.13. The van der Waals surface area contributed by atoms with Crippen molar-refractivity contribution in [1.82, 2.24) is 5.32 Å². The molecule has 0 radical (unpaired) electrons. The molecule has 1 aromatic carbocycles. The lowest BCUT2D eigenvalue weighted by atomic mass is 10.3. The zero-order valence-electron chi connectivity index (χ0n) is 8.03. The topological polar surface area (TPSA) is 47.3 Å². The number of nitrogens with two attached hydrogens (primary N) is 1. The second-order valence-electron chi connectivity index (χ2n) is 3.15. The Kier molecular flexibility index (Phi) is 2.58. The maximum absolute atomic E-state index is 12.8. The number of rotatable bonds is 2. The number of nitrogens with one attached hydrogen (secondary N) is 1. The molecule has 3 N–H and O–H groups in total. The van der Waals surface area contributed by atoms with Crippen LogP contribution in [0.15, 0.2) is 48.0 Å². The largest absolute Gasteiger partial charge is 0.457 e. The highest BCUT2D eigenvalue weighted by molar-refractivity contribution is 5.29. The second kappa shape index (κ2) is 4.04. The summed E-state index contributed by atoms with van der Waals surface area (Å²) in [6, 6.07) is 5.98. The maximum atomic E-state index is 12.8. The third-order valence-corrected chi connectivity index (χ3v) is 1.94. The van der Waals surface area contributed by atoms with Gasteiger partial charge in [-0.25, -0.2) is 4.39 Å². The molecular formula is C11H11FN2O. The summed E-state index contributed by atoms with van der Waals surface area (Å²) in [7, 11) is 0. The number of halogens is 1. The van der Waals surface area contributed by atoms with Crippen LogP contribution in [0, 0.1) is 5.82 Å². The van der Waals surface area contributed by atoms with Gasteiger partial charge in [0.15, 0.2) is 0 Å². The second-order valence-corrected chi connectivity index (χ2v) is 3.15. The molecule has 0 bridgehead atoms. The zero-order valence-corrected chi connectivity index (χ0v) is 8.03. The summed E-state index contributed by atoms with van der Waals surface area (Å²) >= 11 is 0. The molecule has 1 aliphatic rings. The fourth-order valence-electron chi connectivity index (χ4n) is 1.27. The molecule has 0 fully saturated rings. The van der Waals surface area contributed by atoms with E-state index in [1.165, 1.54) is 12.1 Å². The molecule has 1 heterocycles. The van der Waals surface area contributed by atoms with Gasteiger partial charge in [0.05, 0.1) is 5.82 Å². The first-order valence-electron chi connectivity index (χ1n) is 4.59. The van der Waals surface area contributed by atoms with Crippen LogP contribution < -0.4 is 15.8 Å². The molecule has 78 valence electrons. The van der Waals surface area contributed by atoms with E-state index in [-0.39, 0.29) is 5.82 Å². The smallest absolute Gasteiger partial charge is 0.130 e. The SMILES string of the molecule is NC1=CC(Oc2cccc(F)c2)=CCN1. The third-order valence-electron chi connectivity index (χ3n) is 1.94. The van der Waals surface area contributed by atoms with Gasteiger partial charge >= 0.3 is 0 Å². The molecule has 0 saturated carbocycles. The minimum absolute atomic E-state index is 0.320. The Balaban J connectivity index is 2.12. The van der Waals surface area contributed by atoms with E-state index in [4.69, 9.17) is 10.5 Å². The fraction of sp³-hybridized carbons (Fsp3) is 0.0909. The van der Waals surface area contributed by atoms with Crippen molar-refractivity contribution >= 4 is 0 Å². The highest BCUT2D eigenvalue weighted by Gasteiger charge is 2.04. The molecule has 0 atom stereocenters. The normalized spacial score (nSPS) is 15.0. The van der Waals surface area contributed by atoms with Crippen LogP contribution in [-0.4, -0.2) is 6.54 Å². The molecule has 2 rings (SSSR count). The van der Waals surface area contributed by atoms with Crippen LogP contribution in [0.2, 0.25) is 0 Å². The van der Waals surface area contributed by atoms with Crippen molar-refractivity contribution in [3.63, 3.8) is 0 Å². The fourth-order valence-corrected chi connectivity index (χ4v) is 1.27. The molecule has 15 heavy (non-hydrogen) atoms. The van der Waals surface area contributed by atoms with Crippen molar-refractivity contribution < 1.29 is 9.13 Å². The Morgan fingerprint density at radius 1 is 1.40 bits per heavy atom. The molecule has 4 heteroatoms. The first kappa shape index (κ1) is 9.58. The first-order chi connectivity index (χ1) is 7.24. The van der Waals surface area contributed by atoms with Crippen molar-refractivity contribution in [3.8, 4) is 5.75 Å². The predicted molar refractivity (Wildman–Crippen MR) is 55.4 cm³/mol. The zero-order chi connectivity index (χ0) is 10.7. The molecule has 0 spiro atoms. The summed E-state index contributed by atoms with van der Waals surface area (Å²) in [4.78, 5) is 0. The number of dihydropyridines is 1. The summed E-state index contributed by atoms with van der Waals surface area (Å²) in [5.41, 5.74) is 5.56. The lowest BCUT2D eigenvalue weighted by molar-refractivity contribution is 0.433. The minimum Gasteiger partial charge on any atom is -0.457 e. The Morgan fingerprint density at radius 2 is 2.27 bits per heavy atom. The van der Waals surface area contributed by atoms with Crippen LogP contribution in [0.4, 0.5) is 4.39 Å². The van der Waals surface area contributed by atoms with Crippen molar-refractivity contribution in [2.24, 2.45) is 5.73 Å². The van der Waals surface area contributed by atoms with E-state index < -0.39 is 0 Å². The summed E-state index contributed by atoms with van der Waals surface area (Å²) in [5.74, 6) is 1.31. The third kappa shape index (κ3) is 2.49. The Bertz CT molecular complexity index is 426. The number of ether oxygens (including phenoxy) is 1. The highest BCUT2D eigenvalue weighted by atomic mass is 19.1. The van der Waals surface area contributed by atoms with Gasteiger partial charge in [-0.05, 0) is 18.2 Å². The molecule has 0 saturated heterocycles. The molecule has 1 aromatic rings. The van der Waals surface area contributed by atoms with Crippen molar-refractivity contribution in [2.45, 2.75) is 0 Å². The molecule has 0 aromatic heterocycles. The van der Waals surface area contributed by atoms with Crippen LogP contribution >= 0.6 is 0 Å². The van der Waals surface area contributed by atoms with Gasteiger partial charge in [-0.3, -0.25) is 0 Å². The monoisotopic (exact) mass is 206 g/mol. The number of hydrogen-bond donors (Lipinski definition) is 2. The molecule has 0 unspecified atom stereocenters. The van der Waals surface area contributed by atoms with E-state index >= 15 is 0 Å². The molecule has 3 nitrogen and oxygen atoms in total. The van der Waals surface area contributed by atoms with Crippen LogP contribution in [0.1, 0.15) is 0 Å². The van der Waals surface area contributed by atoms with E-state index in [0.29, 0.717) is 23.9 Å². The first-order valence-corrected chi connectivity index (χ1v) is 4.59. The lowest BCUT2D eigenvalue weighted by Crippen LogP contribution is -2.24. The van der Waals surface area contributed by atoms with Gasteiger partial charge in [-0.1, -0.05) is 6.07 Å². The van der Waals surface area contributed by atoms with Crippen LogP contribution in [0.3, 0.4) is 0 Å². The minimum atomic E-state index is -0.320. The molecular weight excluding hydrogens is 195 g/mol. The van der Waals surface area contributed by atoms with Gasteiger partial charge in [0.25, 0.3) is 0 Å². The molecule has 1 aliphatic heterocycles. The Labute approximate surface area is 87.0 Å². The summed E-state index contributed by atoms with van der Waals surface area (Å²) in [6.07, 6.45) is 3.50. The summed E-state index contributed by atoms with van der Waals surface area (Å²) in [5, 5.41) is 2.92. The standard InChI is InChI=1S/C11H11FN2O/c12-8-2-1-3-9(6-8)15-10-4-5-14-11(13)7-10/h1-4,6-7,14H,5,13H2. The van der Waals surface area contributed by atoms with Crippen LogP contribution in [0.25, 0.3) is 0 Å². The van der Waals surface area contributed by atoms with Gasteiger partial charge in [0, 0.05) is 18.7 Å². The van der Waals surface area contributed by atoms with E-state index in [1.807, 2.05) is 6.08 Å². The van der Waals surface area contributed by atoms with E-state index in [9.17, 15) is 4.39 Å². The van der Waals surface area contributed by atoms with Gasteiger partial charge in [-0.15, -0.1) is 0 Å². The molecule has 0 amide bonds. The number of hydrogen-bond acceptors (Lipinski definition) is 3. The summed E-state index contributed by atoms with van der Waals surface area (Å²) < 4.78 is 18.3. The number of allylic oxidation sites excluding steroid dienone is 1. The maximum Gasteiger partial charge on any atom is 0.130 e. The van der Waals surface area contributed by atoms with Crippen molar-refractivity contribution in [2.75, 3.05) is 6.54 Å². The number of benzene rings is 1. The highest BCUT2D eigenvalue weighted by Crippen LogP contribution is 2.16. The molecule has 0 aliphatic carbocycles. The van der Waals surface area contributed by atoms with Gasteiger partial charge in [-0.2, -0.15) is 0 Å². The quantitative estimate of drug-likeness (QED) is 0.770. The predicted octanol–water partition coefficient (Wildman–Crippen LogP) is 1.49. The summed E-state index contributed by atoms with van der Waals surface area (Å²) in [6.45, 7) is 0.618. The van der Waals surface area contributed by atoms with E-state index in [0.717, 1.165) is 0 Å². The van der Waals surface area contributed by atoms with E-state index in [2.05, 4.69) is 5.32 Å². The van der Waals surface area contributed by atoms with Gasteiger partial charge < -0.3 is 15.8 Å². The Hall–Kier alpha value is -1.97. The van der Waals surface area contributed by atoms with Crippen molar-refractivity contribution in [3.05, 3.63) is 53.8 Å². The van der Waals surface area contributed by atoms with Gasteiger partial charge in [0.2, 0.25) is 0 Å². The van der Waals surface area contributed by atoms with Crippen LogP contribution in [0.5, 0.6) is 5.75 Å².